The van der Waals surface area contributed by atoms with Crippen LogP contribution < -0.4 is 4.74 Å². The quantitative estimate of drug-likeness (QED) is 0.367. The summed E-state index contributed by atoms with van der Waals surface area (Å²) in [6.45, 7) is 2.25. The Labute approximate surface area is 170 Å². The molecule has 6 nitrogen and oxygen atoms in total. The van der Waals surface area contributed by atoms with Crippen molar-refractivity contribution in [1.82, 2.24) is 15.2 Å². The molecule has 142 valence electrons. The van der Waals surface area contributed by atoms with E-state index in [0.717, 1.165) is 17.0 Å². The molecule has 0 aliphatic carbocycles. The Morgan fingerprint density at radius 2 is 1.82 bits per heavy atom. The van der Waals surface area contributed by atoms with Crippen LogP contribution in [-0.4, -0.2) is 15.2 Å². The minimum Gasteiger partial charge on any atom is -0.484 e. The van der Waals surface area contributed by atoms with Crippen LogP contribution in [0.15, 0.2) is 68.9 Å². The molecular formula is C20H16ClN3O3S. The second-order valence-corrected chi connectivity index (χ2v) is 7.37. The van der Waals surface area contributed by atoms with Crippen LogP contribution in [0.1, 0.15) is 17.1 Å². The highest BCUT2D eigenvalue weighted by molar-refractivity contribution is 7.98. The van der Waals surface area contributed by atoms with Crippen LogP contribution in [0.3, 0.4) is 0 Å². The number of hydrogen-bond acceptors (Lipinski definition) is 7. The molecule has 0 aliphatic rings. The van der Waals surface area contributed by atoms with E-state index in [0.29, 0.717) is 27.8 Å². The highest BCUT2D eigenvalue weighted by Crippen LogP contribution is 2.25. The summed E-state index contributed by atoms with van der Waals surface area (Å²) in [6.07, 6.45) is 1.62. The highest BCUT2D eigenvalue weighted by Gasteiger charge is 2.11. The van der Waals surface area contributed by atoms with Crippen molar-refractivity contribution in [2.75, 3.05) is 0 Å². The van der Waals surface area contributed by atoms with E-state index in [1.807, 2.05) is 43.3 Å². The van der Waals surface area contributed by atoms with Crippen molar-refractivity contribution in [2.24, 2.45) is 0 Å². The maximum absolute atomic E-state index is 5.90. The van der Waals surface area contributed by atoms with Gasteiger partial charge in [0.25, 0.3) is 11.1 Å². The van der Waals surface area contributed by atoms with E-state index in [2.05, 4.69) is 15.2 Å². The molecule has 0 N–H and O–H groups in total. The Kier molecular flexibility index (Phi) is 5.64. The molecule has 8 heteroatoms. The normalized spacial score (nSPS) is 10.9. The first-order valence-corrected chi connectivity index (χ1v) is 9.87. The molecule has 0 unspecified atom stereocenters. The highest BCUT2D eigenvalue weighted by atomic mass is 35.5. The summed E-state index contributed by atoms with van der Waals surface area (Å²) in [7, 11) is 0. The summed E-state index contributed by atoms with van der Waals surface area (Å²) < 4.78 is 16.8. The van der Waals surface area contributed by atoms with Gasteiger partial charge in [-0.05, 0) is 43.3 Å². The van der Waals surface area contributed by atoms with Gasteiger partial charge in [0.2, 0.25) is 5.89 Å². The van der Waals surface area contributed by atoms with Gasteiger partial charge in [0.05, 0.1) is 5.69 Å². The van der Waals surface area contributed by atoms with Gasteiger partial charge in [0.1, 0.15) is 12.0 Å². The lowest BCUT2D eigenvalue weighted by molar-refractivity contribution is 0.252. The summed E-state index contributed by atoms with van der Waals surface area (Å²) in [6, 6.07) is 15.1. The van der Waals surface area contributed by atoms with Crippen molar-refractivity contribution in [3.63, 3.8) is 0 Å². The molecule has 0 amide bonds. The van der Waals surface area contributed by atoms with E-state index >= 15 is 0 Å². The Morgan fingerprint density at radius 1 is 1.04 bits per heavy atom. The Hall–Kier alpha value is -2.77. The number of thioether (sulfide) groups is 1. The lowest BCUT2D eigenvalue weighted by Gasteiger charge is -2.02. The molecule has 4 aromatic rings. The predicted molar refractivity (Wildman–Crippen MR) is 106 cm³/mol. The van der Waals surface area contributed by atoms with Crippen molar-refractivity contribution in [3.8, 4) is 17.2 Å². The van der Waals surface area contributed by atoms with Gasteiger partial charge < -0.3 is 13.6 Å². The average Bonchev–Trinajstić information content (AvgIpc) is 3.36. The van der Waals surface area contributed by atoms with Gasteiger partial charge >= 0.3 is 0 Å². The number of rotatable bonds is 7. The van der Waals surface area contributed by atoms with Gasteiger partial charge in [0, 0.05) is 16.3 Å². The number of nitrogens with zero attached hydrogens (tertiary/aromatic N) is 3. The zero-order valence-electron chi connectivity index (χ0n) is 15.0. The van der Waals surface area contributed by atoms with Crippen LogP contribution in [0.5, 0.6) is 5.75 Å². The summed E-state index contributed by atoms with van der Waals surface area (Å²) in [5.74, 6) is 2.28. The smallest absolute Gasteiger partial charge is 0.277 e. The number of benzene rings is 2. The third-order valence-electron chi connectivity index (χ3n) is 3.82. The average molecular weight is 414 g/mol. The largest absolute Gasteiger partial charge is 0.484 e. The first-order chi connectivity index (χ1) is 13.7. The number of halogens is 1. The first kappa shape index (κ1) is 18.6. The van der Waals surface area contributed by atoms with Crippen LogP contribution >= 0.6 is 23.4 Å². The third-order valence-corrected chi connectivity index (χ3v) is 4.92. The maximum atomic E-state index is 5.90. The number of ether oxygens (including phenoxy) is 1. The van der Waals surface area contributed by atoms with Crippen molar-refractivity contribution in [3.05, 3.63) is 77.0 Å². The van der Waals surface area contributed by atoms with Crippen molar-refractivity contribution >= 4 is 23.4 Å². The zero-order valence-corrected chi connectivity index (χ0v) is 16.5. The molecule has 0 saturated carbocycles. The van der Waals surface area contributed by atoms with Crippen molar-refractivity contribution in [1.29, 1.82) is 0 Å². The molecule has 4 rings (SSSR count). The van der Waals surface area contributed by atoms with Gasteiger partial charge in [-0.1, -0.05) is 41.1 Å². The molecular weight excluding hydrogens is 398 g/mol. The Morgan fingerprint density at radius 3 is 2.61 bits per heavy atom. The summed E-state index contributed by atoms with van der Waals surface area (Å²) in [4.78, 5) is 4.47. The molecule has 0 aliphatic heterocycles. The van der Waals surface area contributed by atoms with Gasteiger partial charge in [-0.2, -0.15) is 0 Å². The fourth-order valence-electron chi connectivity index (χ4n) is 2.37. The van der Waals surface area contributed by atoms with Crippen LogP contribution in [0.2, 0.25) is 5.02 Å². The van der Waals surface area contributed by atoms with Crippen LogP contribution in [0, 0.1) is 6.92 Å². The van der Waals surface area contributed by atoms with E-state index in [9.17, 15) is 0 Å². The Bertz CT molecular complexity index is 1050. The third kappa shape index (κ3) is 4.74. The fourth-order valence-corrected chi connectivity index (χ4v) is 3.15. The predicted octanol–water partition coefficient (Wildman–Crippen LogP) is 5.56. The maximum Gasteiger partial charge on any atom is 0.277 e. The zero-order chi connectivity index (χ0) is 19.3. The topological polar surface area (TPSA) is 74.2 Å². The monoisotopic (exact) mass is 413 g/mol. The van der Waals surface area contributed by atoms with E-state index in [4.69, 9.17) is 25.2 Å². The number of oxazole rings is 1. The lowest BCUT2D eigenvalue weighted by atomic mass is 10.2. The first-order valence-electron chi connectivity index (χ1n) is 8.51. The standard InChI is InChI=1S/C20H16ClN3O3S/c1-13-2-8-17(9-3-13)25-11-18-23-24-20(27-18)28-12-16-10-26-19(22-16)14-4-6-15(21)7-5-14/h2-10H,11-12H2,1H3. The molecule has 0 spiro atoms. The molecule has 0 fully saturated rings. The number of hydrogen-bond donors (Lipinski definition) is 0. The fraction of sp³-hybridized carbons (Fsp3) is 0.150. The van der Waals surface area contributed by atoms with Gasteiger partial charge in [-0.3, -0.25) is 0 Å². The van der Waals surface area contributed by atoms with Gasteiger partial charge in [0.15, 0.2) is 6.61 Å². The number of aryl methyl sites for hydroxylation is 1. The second kappa shape index (κ2) is 8.50. The molecule has 0 bridgehead atoms. The summed E-state index contributed by atoms with van der Waals surface area (Å²) in [5.41, 5.74) is 2.83. The van der Waals surface area contributed by atoms with Crippen molar-refractivity contribution < 1.29 is 13.6 Å². The molecule has 28 heavy (non-hydrogen) atoms. The minimum atomic E-state index is 0.224. The molecule has 2 heterocycles. The SMILES string of the molecule is Cc1ccc(OCc2nnc(SCc3coc(-c4ccc(Cl)cc4)n3)o2)cc1. The second-order valence-electron chi connectivity index (χ2n) is 6.00. The van der Waals surface area contributed by atoms with Crippen LogP contribution in [0.4, 0.5) is 0 Å². The lowest BCUT2D eigenvalue weighted by Crippen LogP contribution is -1.95. The summed E-state index contributed by atoms with van der Waals surface area (Å²) in [5, 5.41) is 9.16. The van der Waals surface area contributed by atoms with E-state index in [1.54, 1.807) is 18.4 Å². The van der Waals surface area contributed by atoms with Crippen LogP contribution in [-0.2, 0) is 12.4 Å². The van der Waals surface area contributed by atoms with Gasteiger partial charge in [-0.15, -0.1) is 10.2 Å². The molecule has 0 saturated heterocycles. The molecule has 2 aromatic carbocycles. The molecule has 2 aromatic heterocycles. The summed E-state index contributed by atoms with van der Waals surface area (Å²) >= 11 is 7.29. The van der Waals surface area contributed by atoms with Crippen molar-refractivity contribution in [2.45, 2.75) is 24.5 Å². The molecule has 0 radical (unpaired) electrons. The van der Waals surface area contributed by atoms with E-state index < -0.39 is 0 Å². The number of aromatic nitrogens is 3. The minimum absolute atomic E-state index is 0.224. The van der Waals surface area contributed by atoms with Crippen LogP contribution in [0.25, 0.3) is 11.5 Å². The van der Waals surface area contributed by atoms with Gasteiger partial charge in [-0.25, -0.2) is 4.98 Å². The molecule has 0 atom stereocenters. The van der Waals surface area contributed by atoms with E-state index in [1.165, 1.54) is 17.3 Å². The Balaban J connectivity index is 1.31. The van der Waals surface area contributed by atoms with E-state index in [-0.39, 0.29) is 6.61 Å².